The molecule has 0 saturated heterocycles. The van der Waals surface area contributed by atoms with Crippen molar-refractivity contribution in [3.05, 3.63) is 71.2 Å². The number of hydrogen-bond acceptors (Lipinski definition) is 1. The molecule has 0 atom stereocenters. The van der Waals surface area contributed by atoms with Gasteiger partial charge in [0.1, 0.15) is 12.1 Å². The number of alkyl halides is 3. The predicted molar refractivity (Wildman–Crippen MR) is 77.8 cm³/mol. The number of fused-ring (bicyclic) bond motifs is 1. The molecule has 118 valence electrons. The molecule has 3 aromatic rings. The van der Waals surface area contributed by atoms with Crippen LogP contribution in [-0.4, -0.2) is 10.9 Å². The van der Waals surface area contributed by atoms with Crippen molar-refractivity contribution in [3.8, 4) is 0 Å². The maximum absolute atomic E-state index is 13.2. The lowest BCUT2D eigenvalue weighted by Crippen LogP contribution is -2.12. The van der Waals surface area contributed by atoms with Gasteiger partial charge in [-0.25, -0.2) is 4.39 Å². The number of carbonyl (C=O) groups is 1. The van der Waals surface area contributed by atoms with Gasteiger partial charge in [-0.15, -0.1) is 0 Å². The van der Waals surface area contributed by atoms with E-state index >= 15 is 0 Å². The fourth-order valence-corrected chi connectivity index (χ4v) is 2.56. The number of halogens is 4. The molecular formula is C17H11F4NO. The van der Waals surface area contributed by atoms with Crippen LogP contribution in [0.1, 0.15) is 21.5 Å². The van der Waals surface area contributed by atoms with Crippen LogP contribution in [-0.2, 0) is 12.7 Å². The fourth-order valence-electron chi connectivity index (χ4n) is 2.56. The summed E-state index contributed by atoms with van der Waals surface area (Å²) in [5.74, 6) is -0.922. The first kappa shape index (κ1) is 15.3. The maximum Gasteiger partial charge on any atom is 0.416 e. The van der Waals surface area contributed by atoms with Crippen LogP contribution in [0, 0.1) is 5.82 Å². The van der Waals surface area contributed by atoms with Crippen LogP contribution in [0.2, 0.25) is 0 Å². The molecule has 0 N–H and O–H groups in total. The van der Waals surface area contributed by atoms with Crippen molar-refractivity contribution in [3.63, 3.8) is 0 Å². The lowest BCUT2D eigenvalue weighted by atomic mass is 10.1. The molecule has 0 aliphatic heterocycles. The highest BCUT2D eigenvalue weighted by Crippen LogP contribution is 2.33. The van der Waals surface area contributed by atoms with Gasteiger partial charge in [0, 0.05) is 29.2 Å². The zero-order chi connectivity index (χ0) is 16.6. The van der Waals surface area contributed by atoms with Crippen molar-refractivity contribution >= 4 is 17.2 Å². The summed E-state index contributed by atoms with van der Waals surface area (Å²) in [6, 6.07) is 9.32. The molecule has 23 heavy (non-hydrogen) atoms. The van der Waals surface area contributed by atoms with Gasteiger partial charge in [0.25, 0.3) is 0 Å². The first-order valence-electron chi connectivity index (χ1n) is 6.78. The topological polar surface area (TPSA) is 22.0 Å². The zero-order valence-corrected chi connectivity index (χ0v) is 11.8. The van der Waals surface area contributed by atoms with E-state index in [1.807, 2.05) is 0 Å². The summed E-state index contributed by atoms with van der Waals surface area (Å²) in [4.78, 5) is 10.8. The molecule has 0 aliphatic rings. The number of rotatable bonds is 3. The summed E-state index contributed by atoms with van der Waals surface area (Å²) < 4.78 is 53.9. The maximum atomic E-state index is 13.2. The molecule has 0 unspecified atom stereocenters. The molecular weight excluding hydrogens is 310 g/mol. The minimum Gasteiger partial charge on any atom is -0.343 e. The molecule has 0 aliphatic carbocycles. The monoisotopic (exact) mass is 321 g/mol. The summed E-state index contributed by atoms with van der Waals surface area (Å²) in [7, 11) is 0. The van der Waals surface area contributed by atoms with Crippen molar-refractivity contribution in [2.24, 2.45) is 0 Å². The largest absolute Gasteiger partial charge is 0.416 e. The summed E-state index contributed by atoms with van der Waals surface area (Å²) >= 11 is 0. The highest BCUT2D eigenvalue weighted by atomic mass is 19.4. The smallest absolute Gasteiger partial charge is 0.343 e. The van der Waals surface area contributed by atoms with E-state index in [0.29, 0.717) is 23.4 Å². The lowest BCUT2D eigenvalue weighted by molar-refractivity contribution is -0.138. The van der Waals surface area contributed by atoms with E-state index in [1.165, 1.54) is 0 Å². The Kier molecular flexibility index (Phi) is 3.67. The number of hydrogen-bond donors (Lipinski definition) is 0. The predicted octanol–water partition coefficient (Wildman–Crippen LogP) is 4.66. The summed E-state index contributed by atoms with van der Waals surface area (Å²) in [5, 5.41) is 0.755. The van der Waals surface area contributed by atoms with E-state index in [-0.39, 0.29) is 12.1 Å². The highest BCUT2D eigenvalue weighted by Gasteiger charge is 2.33. The normalized spacial score (nSPS) is 11.8. The Balaban J connectivity index is 2.04. The molecule has 3 rings (SSSR count). The Hall–Kier alpha value is -2.63. The average Bonchev–Trinajstić information content (AvgIpc) is 2.90. The molecule has 2 nitrogen and oxygen atoms in total. The quantitative estimate of drug-likeness (QED) is 0.508. The van der Waals surface area contributed by atoms with E-state index in [0.717, 1.165) is 17.5 Å². The van der Waals surface area contributed by atoms with Gasteiger partial charge in [-0.05, 0) is 42.0 Å². The third-order valence-electron chi connectivity index (χ3n) is 3.65. The molecule has 6 heteroatoms. The van der Waals surface area contributed by atoms with Crippen LogP contribution in [0.15, 0.2) is 48.7 Å². The van der Waals surface area contributed by atoms with Gasteiger partial charge in [-0.3, -0.25) is 4.79 Å². The van der Waals surface area contributed by atoms with Gasteiger partial charge in [-0.1, -0.05) is 6.07 Å². The third-order valence-corrected chi connectivity index (χ3v) is 3.65. The van der Waals surface area contributed by atoms with Gasteiger partial charge in [0.05, 0.1) is 5.56 Å². The Morgan fingerprint density at radius 2 is 1.83 bits per heavy atom. The van der Waals surface area contributed by atoms with Crippen LogP contribution in [0.3, 0.4) is 0 Å². The number of carbonyl (C=O) groups excluding carboxylic acids is 1. The van der Waals surface area contributed by atoms with Crippen molar-refractivity contribution in [2.75, 3.05) is 0 Å². The van der Waals surface area contributed by atoms with E-state index in [9.17, 15) is 22.4 Å². The standard InChI is InChI=1S/C17H11F4NO/c18-14-3-2-13(15(8-14)17(19,20)21)9-22-6-5-12-7-11(10-23)1-4-16(12)22/h1-8,10H,9H2. The zero-order valence-electron chi connectivity index (χ0n) is 11.8. The third kappa shape index (κ3) is 2.97. The van der Waals surface area contributed by atoms with E-state index in [2.05, 4.69) is 0 Å². The number of aldehydes is 1. The summed E-state index contributed by atoms with van der Waals surface area (Å²) in [5.41, 5.74) is 0.195. The minimum absolute atomic E-state index is 0.0177. The first-order valence-corrected chi connectivity index (χ1v) is 6.78. The van der Waals surface area contributed by atoms with E-state index < -0.39 is 17.6 Å². The average molecular weight is 321 g/mol. The Labute approximate surface area is 129 Å². The second-order valence-electron chi connectivity index (χ2n) is 5.18. The van der Waals surface area contributed by atoms with Gasteiger partial charge >= 0.3 is 6.18 Å². The Morgan fingerprint density at radius 3 is 2.52 bits per heavy atom. The van der Waals surface area contributed by atoms with E-state index in [1.54, 1.807) is 35.0 Å². The molecule has 0 saturated carbocycles. The van der Waals surface area contributed by atoms with Crippen LogP contribution in [0.4, 0.5) is 17.6 Å². The van der Waals surface area contributed by atoms with Crippen LogP contribution in [0.5, 0.6) is 0 Å². The van der Waals surface area contributed by atoms with Crippen LogP contribution < -0.4 is 0 Å². The van der Waals surface area contributed by atoms with E-state index in [4.69, 9.17) is 0 Å². The molecule has 1 aromatic heterocycles. The van der Waals surface area contributed by atoms with Crippen molar-refractivity contribution in [2.45, 2.75) is 12.7 Å². The fraction of sp³-hybridized carbons (Fsp3) is 0.118. The van der Waals surface area contributed by atoms with Gasteiger partial charge in [-0.2, -0.15) is 13.2 Å². The molecule has 1 heterocycles. The Morgan fingerprint density at radius 1 is 1.04 bits per heavy atom. The SMILES string of the molecule is O=Cc1ccc2c(ccn2Cc2ccc(F)cc2C(F)(F)F)c1. The molecule has 0 spiro atoms. The van der Waals surface area contributed by atoms with Crippen LogP contribution in [0.25, 0.3) is 10.9 Å². The Bertz CT molecular complexity index is 880. The molecule has 0 amide bonds. The van der Waals surface area contributed by atoms with Crippen LogP contribution >= 0.6 is 0 Å². The van der Waals surface area contributed by atoms with Crippen molar-refractivity contribution in [1.29, 1.82) is 0 Å². The number of benzene rings is 2. The van der Waals surface area contributed by atoms with Gasteiger partial charge in [0.15, 0.2) is 0 Å². The van der Waals surface area contributed by atoms with Gasteiger partial charge in [0.2, 0.25) is 0 Å². The number of nitrogens with zero attached hydrogens (tertiary/aromatic N) is 1. The number of aromatic nitrogens is 1. The summed E-state index contributed by atoms with van der Waals surface area (Å²) in [6.45, 7) is -0.0426. The molecule has 0 fully saturated rings. The van der Waals surface area contributed by atoms with Gasteiger partial charge < -0.3 is 4.57 Å². The molecule has 2 aromatic carbocycles. The molecule has 0 radical (unpaired) electrons. The van der Waals surface area contributed by atoms with Crippen molar-refractivity contribution < 1.29 is 22.4 Å². The lowest BCUT2D eigenvalue weighted by Gasteiger charge is -2.14. The van der Waals surface area contributed by atoms with Crippen molar-refractivity contribution in [1.82, 2.24) is 4.57 Å². The highest BCUT2D eigenvalue weighted by molar-refractivity contribution is 5.87. The second kappa shape index (κ2) is 5.53. The minimum atomic E-state index is -4.62. The first-order chi connectivity index (χ1) is 10.9. The second-order valence-corrected chi connectivity index (χ2v) is 5.18. The summed E-state index contributed by atoms with van der Waals surface area (Å²) in [6.07, 6.45) is -2.27. The molecule has 0 bridgehead atoms.